The van der Waals surface area contributed by atoms with Crippen LogP contribution in [0.4, 0.5) is 11.5 Å². The fraction of sp³-hybridized carbons (Fsp3) is 0.368. The van der Waals surface area contributed by atoms with Crippen molar-refractivity contribution in [2.75, 3.05) is 49.7 Å². The monoisotopic (exact) mass is 396 g/mol. The Kier molecular flexibility index (Phi) is 4.60. The van der Waals surface area contributed by atoms with Crippen molar-refractivity contribution < 1.29 is 19.0 Å². The van der Waals surface area contributed by atoms with Crippen LogP contribution in [0.2, 0.25) is 0 Å². The van der Waals surface area contributed by atoms with Gasteiger partial charge in [0.15, 0.2) is 17.1 Å². The fourth-order valence-electron chi connectivity index (χ4n) is 3.48. The third-order valence-corrected chi connectivity index (χ3v) is 4.84. The van der Waals surface area contributed by atoms with Gasteiger partial charge in [0, 0.05) is 24.8 Å². The highest BCUT2D eigenvalue weighted by Crippen LogP contribution is 2.32. The minimum Gasteiger partial charge on any atom is -0.486 e. The second-order valence-corrected chi connectivity index (χ2v) is 6.74. The summed E-state index contributed by atoms with van der Waals surface area (Å²) in [5.74, 6) is 1.91. The normalized spacial score (nSPS) is 16.1. The maximum atomic E-state index is 12.6. The van der Waals surface area contributed by atoms with E-state index in [-0.39, 0.29) is 12.5 Å². The molecule has 10 heteroatoms. The summed E-state index contributed by atoms with van der Waals surface area (Å²) in [4.78, 5) is 23.5. The molecule has 4 heterocycles. The number of carbonyl (C=O) groups excluding carboxylic acids is 1. The van der Waals surface area contributed by atoms with Gasteiger partial charge in [-0.25, -0.2) is 14.6 Å². The van der Waals surface area contributed by atoms with Gasteiger partial charge >= 0.3 is 0 Å². The van der Waals surface area contributed by atoms with Crippen molar-refractivity contribution in [1.29, 1.82) is 0 Å². The first-order chi connectivity index (χ1) is 14.3. The van der Waals surface area contributed by atoms with E-state index in [1.54, 1.807) is 29.1 Å². The molecule has 0 saturated carbocycles. The minimum absolute atomic E-state index is 0.0392. The van der Waals surface area contributed by atoms with Gasteiger partial charge in [0.2, 0.25) is 5.91 Å². The van der Waals surface area contributed by atoms with Crippen molar-refractivity contribution in [3.05, 3.63) is 30.7 Å². The predicted octanol–water partition coefficient (Wildman–Crippen LogP) is 1.07. The van der Waals surface area contributed by atoms with Gasteiger partial charge in [-0.3, -0.25) is 4.79 Å². The van der Waals surface area contributed by atoms with Crippen molar-refractivity contribution in [3.8, 4) is 11.5 Å². The molecule has 150 valence electrons. The molecule has 0 spiro atoms. The Bertz CT molecular complexity index is 1050. The second kappa shape index (κ2) is 7.55. The number of fused-ring (bicyclic) bond motifs is 2. The Balaban J connectivity index is 1.33. The van der Waals surface area contributed by atoms with E-state index in [0.717, 1.165) is 24.3 Å². The lowest BCUT2D eigenvalue weighted by molar-refractivity contribution is -0.116. The standard InChI is InChI=1S/C19H20N6O4/c26-17(23-13-1-2-15-16(9-13)29-8-7-28-15)11-25-19-14(10-22-25)18(20-12-21-19)24-3-5-27-6-4-24/h1-2,9-10,12H,3-8,11H2,(H,23,26). The van der Waals surface area contributed by atoms with Crippen molar-refractivity contribution >= 4 is 28.4 Å². The average molecular weight is 396 g/mol. The molecule has 0 radical (unpaired) electrons. The summed E-state index contributed by atoms with van der Waals surface area (Å²) in [7, 11) is 0. The third-order valence-electron chi connectivity index (χ3n) is 4.84. The third kappa shape index (κ3) is 3.54. The molecule has 0 bridgehead atoms. The molecule has 1 amide bonds. The van der Waals surface area contributed by atoms with Crippen LogP contribution in [0.15, 0.2) is 30.7 Å². The maximum absolute atomic E-state index is 12.6. The SMILES string of the molecule is O=C(Cn1ncc2c(N3CCOCC3)ncnc21)Nc1ccc2c(c1)OCCO2. The summed E-state index contributed by atoms with van der Waals surface area (Å²) in [6, 6.07) is 5.33. The molecular formula is C19H20N6O4. The Morgan fingerprint density at radius 3 is 2.76 bits per heavy atom. The van der Waals surface area contributed by atoms with Crippen LogP contribution in [-0.2, 0) is 16.1 Å². The highest BCUT2D eigenvalue weighted by atomic mass is 16.6. The van der Waals surface area contributed by atoms with Crippen LogP contribution >= 0.6 is 0 Å². The van der Waals surface area contributed by atoms with Crippen LogP contribution < -0.4 is 19.7 Å². The highest BCUT2D eigenvalue weighted by molar-refractivity contribution is 5.93. The second-order valence-electron chi connectivity index (χ2n) is 6.74. The number of hydrogen-bond acceptors (Lipinski definition) is 8. The summed E-state index contributed by atoms with van der Waals surface area (Å²) < 4.78 is 18.0. The first-order valence-corrected chi connectivity index (χ1v) is 9.47. The Hall–Kier alpha value is -3.40. The Morgan fingerprint density at radius 1 is 1.07 bits per heavy atom. The number of nitrogens with zero attached hydrogens (tertiary/aromatic N) is 5. The van der Waals surface area contributed by atoms with Crippen LogP contribution in [-0.4, -0.2) is 65.2 Å². The van der Waals surface area contributed by atoms with Crippen LogP contribution in [0.3, 0.4) is 0 Å². The summed E-state index contributed by atoms with van der Waals surface area (Å²) in [6.45, 7) is 3.92. The number of benzene rings is 1. The zero-order valence-electron chi connectivity index (χ0n) is 15.7. The molecule has 2 aliphatic rings. The van der Waals surface area contributed by atoms with Gasteiger partial charge in [-0.15, -0.1) is 0 Å². The van der Waals surface area contributed by atoms with Crippen LogP contribution in [0, 0.1) is 0 Å². The smallest absolute Gasteiger partial charge is 0.246 e. The van der Waals surface area contributed by atoms with E-state index >= 15 is 0 Å². The number of rotatable bonds is 4. The van der Waals surface area contributed by atoms with Crippen molar-refractivity contribution in [2.45, 2.75) is 6.54 Å². The molecule has 1 aromatic carbocycles. The molecule has 1 fully saturated rings. The first kappa shape index (κ1) is 17.7. The van der Waals surface area contributed by atoms with Crippen molar-refractivity contribution in [2.24, 2.45) is 0 Å². The fourth-order valence-corrected chi connectivity index (χ4v) is 3.48. The molecule has 5 rings (SSSR count). The van der Waals surface area contributed by atoms with Gasteiger partial charge in [0.25, 0.3) is 0 Å². The zero-order valence-corrected chi connectivity index (χ0v) is 15.7. The summed E-state index contributed by atoms with van der Waals surface area (Å²) in [5, 5.41) is 8.04. The number of hydrogen-bond donors (Lipinski definition) is 1. The van der Waals surface area contributed by atoms with Crippen molar-refractivity contribution in [3.63, 3.8) is 0 Å². The van der Waals surface area contributed by atoms with Crippen LogP contribution in [0.25, 0.3) is 11.0 Å². The van der Waals surface area contributed by atoms with E-state index in [2.05, 4.69) is 25.3 Å². The first-order valence-electron chi connectivity index (χ1n) is 9.47. The van der Waals surface area contributed by atoms with Gasteiger partial charge in [0.05, 0.1) is 24.8 Å². The van der Waals surface area contributed by atoms with E-state index in [4.69, 9.17) is 14.2 Å². The Labute approximate surface area is 166 Å². The zero-order chi connectivity index (χ0) is 19.6. The molecule has 2 aromatic heterocycles. The van der Waals surface area contributed by atoms with E-state index in [1.165, 1.54) is 6.33 Å². The summed E-state index contributed by atoms with van der Waals surface area (Å²) in [5.41, 5.74) is 1.26. The van der Waals surface area contributed by atoms with Gasteiger partial charge in [-0.2, -0.15) is 5.10 Å². The molecule has 10 nitrogen and oxygen atoms in total. The van der Waals surface area contributed by atoms with E-state index < -0.39 is 0 Å². The van der Waals surface area contributed by atoms with Gasteiger partial charge < -0.3 is 24.4 Å². The molecule has 1 N–H and O–H groups in total. The van der Waals surface area contributed by atoms with Gasteiger partial charge in [-0.1, -0.05) is 0 Å². The number of nitrogens with one attached hydrogen (secondary N) is 1. The molecular weight excluding hydrogens is 376 g/mol. The quantitative estimate of drug-likeness (QED) is 0.699. The molecule has 0 unspecified atom stereocenters. The van der Waals surface area contributed by atoms with Gasteiger partial charge in [0.1, 0.15) is 31.9 Å². The lowest BCUT2D eigenvalue weighted by atomic mass is 10.2. The van der Waals surface area contributed by atoms with E-state index in [0.29, 0.717) is 49.3 Å². The summed E-state index contributed by atoms with van der Waals surface area (Å²) >= 11 is 0. The highest BCUT2D eigenvalue weighted by Gasteiger charge is 2.19. The van der Waals surface area contributed by atoms with E-state index in [9.17, 15) is 4.79 Å². The molecule has 0 aliphatic carbocycles. The molecule has 29 heavy (non-hydrogen) atoms. The lowest BCUT2D eigenvalue weighted by Gasteiger charge is -2.27. The number of morpholine rings is 1. The maximum Gasteiger partial charge on any atom is 0.246 e. The number of amides is 1. The largest absolute Gasteiger partial charge is 0.486 e. The molecule has 2 aliphatic heterocycles. The topological polar surface area (TPSA) is 104 Å². The molecule has 0 atom stereocenters. The van der Waals surface area contributed by atoms with Gasteiger partial charge in [-0.05, 0) is 12.1 Å². The van der Waals surface area contributed by atoms with Crippen LogP contribution in [0.5, 0.6) is 11.5 Å². The minimum atomic E-state index is -0.210. The average Bonchev–Trinajstić information content (AvgIpc) is 3.17. The number of carbonyl (C=O) groups is 1. The summed E-state index contributed by atoms with van der Waals surface area (Å²) in [6.07, 6.45) is 3.21. The number of ether oxygens (including phenoxy) is 3. The van der Waals surface area contributed by atoms with Crippen molar-refractivity contribution in [1.82, 2.24) is 19.7 Å². The Morgan fingerprint density at radius 2 is 1.90 bits per heavy atom. The molecule has 1 saturated heterocycles. The molecule has 3 aromatic rings. The predicted molar refractivity (Wildman–Crippen MR) is 104 cm³/mol. The van der Waals surface area contributed by atoms with E-state index in [1.807, 2.05) is 0 Å². The lowest BCUT2D eigenvalue weighted by Crippen LogP contribution is -2.36. The van der Waals surface area contributed by atoms with Crippen LogP contribution in [0.1, 0.15) is 0 Å². The number of aromatic nitrogens is 4. The number of anilines is 2.